The summed E-state index contributed by atoms with van der Waals surface area (Å²) in [4.78, 5) is 26.5. The van der Waals surface area contributed by atoms with Gasteiger partial charge in [0.2, 0.25) is 0 Å². The van der Waals surface area contributed by atoms with Crippen LogP contribution in [-0.2, 0) is 6.54 Å². The number of fused-ring (bicyclic) bond motifs is 1. The Morgan fingerprint density at radius 3 is 2.53 bits per heavy atom. The summed E-state index contributed by atoms with van der Waals surface area (Å²) in [7, 11) is 0. The number of hydrogen-bond acceptors (Lipinski definition) is 4. The Bertz CT molecular complexity index is 1270. The Labute approximate surface area is 171 Å². The van der Waals surface area contributed by atoms with Crippen LogP contribution in [0.25, 0.3) is 22.4 Å². The van der Waals surface area contributed by atoms with Crippen LogP contribution >= 0.6 is 0 Å². The first-order valence-electron chi connectivity index (χ1n) is 9.35. The van der Waals surface area contributed by atoms with Crippen molar-refractivity contribution in [1.82, 2.24) is 15.4 Å². The molecule has 0 spiro atoms. The molecule has 2 N–H and O–H groups in total. The lowest BCUT2D eigenvalue weighted by Crippen LogP contribution is -2.24. The van der Waals surface area contributed by atoms with Gasteiger partial charge in [0.25, 0.3) is 5.91 Å². The van der Waals surface area contributed by atoms with E-state index < -0.39 is 5.97 Å². The van der Waals surface area contributed by atoms with Gasteiger partial charge >= 0.3 is 5.97 Å². The highest BCUT2D eigenvalue weighted by molar-refractivity contribution is 6.12. The van der Waals surface area contributed by atoms with Crippen molar-refractivity contribution in [3.63, 3.8) is 0 Å². The molecule has 1 aromatic heterocycles. The smallest absolute Gasteiger partial charge is 0.335 e. The number of carboxylic acids is 1. The van der Waals surface area contributed by atoms with Crippen LogP contribution in [0.5, 0.6) is 0 Å². The van der Waals surface area contributed by atoms with E-state index in [1.54, 1.807) is 35.4 Å². The SMILES string of the molecule is O=C(O)c1ccc(-c2ccccc2)c(N2Cc3ccc(-c4cn[nH]n4)cc3C2=O)c1. The Balaban J connectivity index is 1.60. The largest absolute Gasteiger partial charge is 0.478 e. The number of hydrogen-bond donors (Lipinski definition) is 2. The van der Waals surface area contributed by atoms with Gasteiger partial charge in [-0.2, -0.15) is 15.4 Å². The van der Waals surface area contributed by atoms with E-state index >= 15 is 0 Å². The number of aromatic amines is 1. The number of nitrogens with zero attached hydrogens (tertiary/aromatic N) is 3. The highest BCUT2D eigenvalue weighted by Crippen LogP contribution is 2.37. The van der Waals surface area contributed by atoms with E-state index in [1.165, 1.54) is 0 Å². The molecule has 7 heteroatoms. The maximum Gasteiger partial charge on any atom is 0.335 e. The van der Waals surface area contributed by atoms with Gasteiger partial charge in [0.1, 0.15) is 5.69 Å². The van der Waals surface area contributed by atoms with Gasteiger partial charge in [0.05, 0.1) is 24.0 Å². The molecule has 5 rings (SSSR count). The first-order chi connectivity index (χ1) is 14.6. The lowest BCUT2D eigenvalue weighted by atomic mass is 10.0. The number of rotatable bonds is 4. The minimum Gasteiger partial charge on any atom is -0.478 e. The van der Waals surface area contributed by atoms with Gasteiger partial charge in [-0.15, -0.1) is 0 Å². The molecule has 1 aliphatic rings. The highest BCUT2D eigenvalue weighted by Gasteiger charge is 2.31. The molecule has 1 aliphatic heterocycles. The highest BCUT2D eigenvalue weighted by atomic mass is 16.4. The van der Waals surface area contributed by atoms with Crippen LogP contribution in [0.4, 0.5) is 5.69 Å². The van der Waals surface area contributed by atoms with Crippen LogP contribution in [0.2, 0.25) is 0 Å². The van der Waals surface area contributed by atoms with Gasteiger partial charge < -0.3 is 10.0 Å². The van der Waals surface area contributed by atoms with Gasteiger partial charge in [0, 0.05) is 16.7 Å². The average molecular weight is 396 g/mol. The zero-order valence-electron chi connectivity index (χ0n) is 15.7. The van der Waals surface area contributed by atoms with Crippen molar-refractivity contribution in [3.05, 3.63) is 89.6 Å². The number of carboxylic acid groups (broad SMARTS) is 1. The molecule has 0 saturated heterocycles. The van der Waals surface area contributed by atoms with Crippen LogP contribution in [0.1, 0.15) is 26.3 Å². The molecular weight excluding hydrogens is 380 g/mol. The summed E-state index contributed by atoms with van der Waals surface area (Å²) < 4.78 is 0. The fourth-order valence-electron chi connectivity index (χ4n) is 3.75. The molecule has 0 saturated carbocycles. The van der Waals surface area contributed by atoms with Gasteiger partial charge in [-0.05, 0) is 29.3 Å². The van der Waals surface area contributed by atoms with Gasteiger partial charge in [-0.25, -0.2) is 4.79 Å². The van der Waals surface area contributed by atoms with Gasteiger partial charge in [-0.3, -0.25) is 4.79 Å². The number of benzene rings is 3. The van der Waals surface area contributed by atoms with E-state index in [1.807, 2.05) is 42.5 Å². The molecule has 0 atom stereocenters. The van der Waals surface area contributed by atoms with Crippen molar-refractivity contribution < 1.29 is 14.7 Å². The zero-order chi connectivity index (χ0) is 20.7. The third-order valence-corrected chi connectivity index (χ3v) is 5.24. The van der Waals surface area contributed by atoms with Crippen molar-refractivity contribution in [2.45, 2.75) is 6.54 Å². The van der Waals surface area contributed by atoms with Crippen molar-refractivity contribution in [2.24, 2.45) is 0 Å². The summed E-state index contributed by atoms with van der Waals surface area (Å²) in [6.07, 6.45) is 1.60. The Morgan fingerprint density at radius 1 is 0.967 bits per heavy atom. The molecule has 0 aliphatic carbocycles. The minimum atomic E-state index is -1.03. The molecule has 1 amide bonds. The fraction of sp³-hybridized carbons (Fsp3) is 0.0435. The molecule has 0 radical (unpaired) electrons. The van der Waals surface area contributed by atoms with Crippen molar-refractivity contribution in [2.75, 3.05) is 4.90 Å². The maximum atomic E-state index is 13.3. The number of aromatic carboxylic acids is 1. The van der Waals surface area contributed by atoms with E-state index in [9.17, 15) is 14.7 Å². The normalized spacial score (nSPS) is 12.8. The lowest BCUT2D eigenvalue weighted by molar-refractivity contribution is 0.0696. The van der Waals surface area contributed by atoms with Crippen molar-refractivity contribution in [1.29, 1.82) is 0 Å². The van der Waals surface area contributed by atoms with Gasteiger partial charge in [-0.1, -0.05) is 48.5 Å². The van der Waals surface area contributed by atoms with Crippen LogP contribution in [0.3, 0.4) is 0 Å². The Morgan fingerprint density at radius 2 is 1.80 bits per heavy atom. The standard InChI is InChI=1S/C23H16N4O3/c28-22-19-10-15(20-12-24-26-25-20)6-7-17(19)13-27(22)21-11-16(23(29)30)8-9-18(21)14-4-2-1-3-5-14/h1-12H,13H2,(H,29,30)(H,24,25,26). The van der Waals surface area contributed by atoms with Gasteiger partial charge in [0.15, 0.2) is 0 Å². The molecule has 146 valence electrons. The van der Waals surface area contributed by atoms with E-state index in [0.717, 1.165) is 22.3 Å². The van der Waals surface area contributed by atoms with Crippen molar-refractivity contribution >= 4 is 17.6 Å². The Kier molecular flexibility index (Phi) is 4.14. The second-order valence-corrected chi connectivity index (χ2v) is 7.02. The number of carbonyl (C=O) groups excluding carboxylic acids is 1. The second kappa shape index (κ2) is 6.97. The summed E-state index contributed by atoms with van der Waals surface area (Å²) >= 11 is 0. The van der Waals surface area contributed by atoms with E-state index in [-0.39, 0.29) is 11.5 Å². The molecule has 3 aromatic carbocycles. The molecule has 2 heterocycles. The molecular formula is C23H16N4O3. The lowest BCUT2D eigenvalue weighted by Gasteiger charge is -2.20. The minimum absolute atomic E-state index is 0.136. The summed E-state index contributed by atoms with van der Waals surface area (Å²) in [5.74, 6) is -1.21. The third-order valence-electron chi connectivity index (χ3n) is 5.24. The number of aromatic nitrogens is 3. The average Bonchev–Trinajstić information content (AvgIpc) is 3.42. The summed E-state index contributed by atoms with van der Waals surface area (Å²) in [6, 6.07) is 20.1. The molecule has 0 bridgehead atoms. The second-order valence-electron chi connectivity index (χ2n) is 7.02. The number of anilines is 1. The van der Waals surface area contributed by atoms with Crippen LogP contribution < -0.4 is 4.90 Å². The van der Waals surface area contributed by atoms with Crippen molar-refractivity contribution in [3.8, 4) is 22.4 Å². The maximum absolute atomic E-state index is 13.3. The third kappa shape index (κ3) is 2.93. The number of carbonyl (C=O) groups is 2. The number of nitrogens with one attached hydrogen (secondary N) is 1. The van der Waals surface area contributed by atoms with E-state index in [2.05, 4.69) is 15.4 Å². The fourth-order valence-corrected chi connectivity index (χ4v) is 3.75. The van der Waals surface area contributed by atoms with Crippen LogP contribution in [0, 0.1) is 0 Å². The molecule has 0 unspecified atom stereocenters. The predicted octanol–water partition coefficient (Wildman–Crippen LogP) is 4.00. The van der Waals surface area contributed by atoms with E-state index in [4.69, 9.17) is 0 Å². The molecule has 4 aromatic rings. The topological polar surface area (TPSA) is 99.2 Å². The van der Waals surface area contributed by atoms with Crippen LogP contribution in [0.15, 0.2) is 72.9 Å². The summed E-state index contributed by atoms with van der Waals surface area (Å²) in [5, 5.41) is 19.9. The first-order valence-corrected chi connectivity index (χ1v) is 9.35. The Hall–Kier alpha value is -4.26. The van der Waals surface area contributed by atoms with Crippen LogP contribution in [-0.4, -0.2) is 32.4 Å². The first kappa shape index (κ1) is 17.8. The molecule has 0 fully saturated rings. The summed E-state index contributed by atoms with van der Waals surface area (Å²) in [5.41, 5.74) is 5.33. The van der Waals surface area contributed by atoms with E-state index in [0.29, 0.717) is 23.5 Å². The quantitative estimate of drug-likeness (QED) is 0.543. The monoisotopic (exact) mass is 396 g/mol. The summed E-state index contributed by atoms with van der Waals surface area (Å²) in [6.45, 7) is 0.371. The predicted molar refractivity (Wildman–Crippen MR) is 111 cm³/mol. The zero-order valence-corrected chi connectivity index (χ0v) is 15.7. The molecule has 7 nitrogen and oxygen atoms in total. The number of H-pyrrole nitrogens is 1. The molecule has 30 heavy (non-hydrogen) atoms. The number of amides is 1.